The van der Waals surface area contributed by atoms with E-state index in [4.69, 9.17) is 4.74 Å². The fourth-order valence-corrected chi connectivity index (χ4v) is 2.27. The zero-order chi connectivity index (χ0) is 12.2. The Hall–Kier alpha value is -0.570. The third-order valence-electron chi connectivity index (χ3n) is 2.93. The Morgan fingerprint density at radius 1 is 1.31 bits per heavy atom. The Kier molecular flexibility index (Phi) is 4.36. The molecule has 0 aliphatic carbocycles. The normalized spacial score (nSPS) is 19.4. The molecule has 1 heterocycles. The summed E-state index contributed by atoms with van der Waals surface area (Å²) in [5.74, 6) is 0.731. The molecule has 0 unspecified atom stereocenters. The summed E-state index contributed by atoms with van der Waals surface area (Å²) in [6, 6.07) is 0. The summed E-state index contributed by atoms with van der Waals surface area (Å²) in [4.78, 5) is 4.50. The summed E-state index contributed by atoms with van der Waals surface area (Å²) < 4.78 is 5.55. The van der Waals surface area contributed by atoms with E-state index in [1.807, 2.05) is 0 Å². The Bertz CT molecular complexity index is 253. The summed E-state index contributed by atoms with van der Waals surface area (Å²) in [5.41, 5.74) is -0.739. The van der Waals surface area contributed by atoms with Crippen LogP contribution in [0.25, 0.3) is 0 Å². The van der Waals surface area contributed by atoms with Crippen LogP contribution in [-0.2, 0) is 4.74 Å². The Morgan fingerprint density at radius 3 is 2.25 bits per heavy atom. The quantitative estimate of drug-likeness (QED) is 0.758. The van der Waals surface area contributed by atoms with E-state index in [-0.39, 0.29) is 5.54 Å². The van der Waals surface area contributed by atoms with E-state index in [1.54, 1.807) is 0 Å². The van der Waals surface area contributed by atoms with E-state index < -0.39 is 5.60 Å². The lowest BCUT2D eigenvalue weighted by Crippen LogP contribution is -2.31. The first-order chi connectivity index (χ1) is 7.41. The van der Waals surface area contributed by atoms with Gasteiger partial charge in [0.2, 0.25) is 0 Å². The van der Waals surface area contributed by atoms with Crippen molar-refractivity contribution in [1.82, 2.24) is 0 Å². The summed E-state index contributed by atoms with van der Waals surface area (Å²) >= 11 is 0. The summed E-state index contributed by atoms with van der Waals surface area (Å²) in [7, 11) is 0. The molecule has 0 spiro atoms. The van der Waals surface area contributed by atoms with Gasteiger partial charge in [0.1, 0.15) is 6.61 Å². The Morgan fingerprint density at radius 2 is 1.88 bits per heavy atom. The third kappa shape index (κ3) is 3.78. The molecule has 0 radical (unpaired) electrons. The highest BCUT2D eigenvalue weighted by atomic mass is 16.5. The topological polar surface area (TPSA) is 41.8 Å². The highest BCUT2D eigenvalue weighted by Crippen LogP contribution is 2.28. The fourth-order valence-electron chi connectivity index (χ4n) is 2.27. The highest BCUT2D eigenvalue weighted by Gasteiger charge is 2.33. The zero-order valence-electron chi connectivity index (χ0n) is 11.0. The largest absolute Gasteiger partial charge is 0.478 e. The molecule has 1 N–H and O–H groups in total. The molecule has 0 aromatic carbocycles. The third-order valence-corrected chi connectivity index (χ3v) is 2.93. The molecule has 0 aromatic heterocycles. The van der Waals surface area contributed by atoms with E-state index in [2.05, 4.69) is 32.7 Å². The fraction of sp³-hybridized carbons (Fsp3) is 0.923. The van der Waals surface area contributed by atoms with Gasteiger partial charge in [-0.05, 0) is 26.7 Å². The lowest BCUT2D eigenvalue weighted by atomic mass is 9.89. The minimum absolute atomic E-state index is 0.116. The van der Waals surface area contributed by atoms with Crippen molar-refractivity contribution >= 4 is 5.90 Å². The first kappa shape index (κ1) is 13.5. The maximum absolute atomic E-state index is 10.5. The van der Waals surface area contributed by atoms with Crippen LogP contribution in [0.15, 0.2) is 4.99 Å². The van der Waals surface area contributed by atoms with Crippen LogP contribution in [0.5, 0.6) is 0 Å². The van der Waals surface area contributed by atoms with Crippen molar-refractivity contribution in [2.75, 3.05) is 6.61 Å². The lowest BCUT2D eigenvalue weighted by Gasteiger charge is -2.26. The minimum Gasteiger partial charge on any atom is -0.478 e. The molecule has 1 rings (SSSR count). The van der Waals surface area contributed by atoms with Gasteiger partial charge < -0.3 is 9.84 Å². The number of hydrogen-bond acceptors (Lipinski definition) is 3. The van der Waals surface area contributed by atoms with E-state index >= 15 is 0 Å². The molecule has 0 amide bonds. The van der Waals surface area contributed by atoms with Crippen molar-refractivity contribution in [2.24, 2.45) is 4.99 Å². The first-order valence-electron chi connectivity index (χ1n) is 6.35. The van der Waals surface area contributed by atoms with Crippen LogP contribution < -0.4 is 0 Å². The van der Waals surface area contributed by atoms with E-state index in [0.29, 0.717) is 13.0 Å². The van der Waals surface area contributed by atoms with Gasteiger partial charge in [-0.25, -0.2) is 4.99 Å². The van der Waals surface area contributed by atoms with E-state index in [0.717, 1.165) is 31.6 Å². The monoisotopic (exact) mass is 227 g/mol. The SMILES string of the molecule is CCCC(O)(CCC)CC1=NC(C)(C)CO1. The Balaban J connectivity index is 2.62. The van der Waals surface area contributed by atoms with E-state index in [1.165, 1.54) is 0 Å². The molecule has 0 aromatic rings. The maximum Gasteiger partial charge on any atom is 0.186 e. The molecule has 0 atom stereocenters. The number of nitrogens with zero attached hydrogens (tertiary/aromatic N) is 1. The van der Waals surface area contributed by atoms with Crippen LogP contribution in [0, 0.1) is 0 Å². The summed E-state index contributed by atoms with van der Waals surface area (Å²) in [5, 5.41) is 10.5. The van der Waals surface area contributed by atoms with Crippen LogP contribution in [0.1, 0.15) is 59.8 Å². The average molecular weight is 227 g/mol. The molecular weight excluding hydrogens is 202 g/mol. The summed E-state index contributed by atoms with van der Waals surface area (Å²) in [6.07, 6.45) is 4.20. The van der Waals surface area contributed by atoms with Crippen LogP contribution in [0.4, 0.5) is 0 Å². The van der Waals surface area contributed by atoms with Gasteiger partial charge in [0.15, 0.2) is 5.90 Å². The van der Waals surface area contributed by atoms with Gasteiger partial charge in [-0.3, -0.25) is 0 Å². The van der Waals surface area contributed by atoms with Gasteiger partial charge in [-0.2, -0.15) is 0 Å². The van der Waals surface area contributed by atoms with Crippen molar-refractivity contribution in [3.8, 4) is 0 Å². The second-order valence-corrected chi connectivity index (χ2v) is 5.51. The van der Waals surface area contributed by atoms with Crippen LogP contribution in [0.2, 0.25) is 0 Å². The Labute approximate surface area is 98.9 Å². The molecule has 1 aliphatic rings. The predicted molar refractivity (Wildman–Crippen MR) is 66.8 cm³/mol. The maximum atomic E-state index is 10.5. The highest BCUT2D eigenvalue weighted by molar-refractivity contribution is 5.79. The zero-order valence-corrected chi connectivity index (χ0v) is 11.0. The molecule has 1 aliphatic heterocycles. The van der Waals surface area contributed by atoms with Crippen molar-refractivity contribution in [1.29, 1.82) is 0 Å². The van der Waals surface area contributed by atoms with Gasteiger partial charge >= 0.3 is 0 Å². The molecular formula is C13H25NO2. The smallest absolute Gasteiger partial charge is 0.186 e. The molecule has 0 saturated heterocycles. The average Bonchev–Trinajstić information content (AvgIpc) is 2.45. The molecule has 3 heteroatoms. The van der Waals surface area contributed by atoms with Crippen molar-refractivity contribution in [3.63, 3.8) is 0 Å². The number of rotatable bonds is 6. The summed E-state index contributed by atoms with van der Waals surface area (Å²) in [6.45, 7) is 8.94. The van der Waals surface area contributed by atoms with Crippen molar-refractivity contribution in [3.05, 3.63) is 0 Å². The molecule has 3 nitrogen and oxygen atoms in total. The minimum atomic E-state index is -0.622. The van der Waals surface area contributed by atoms with Crippen LogP contribution in [0.3, 0.4) is 0 Å². The van der Waals surface area contributed by atoms with Gasteiger partial charge in [0.25, 0.3) is 0 Å². The second-order valence-electron chi connectivity index (χ2n) is 5.51. The van der Waals surface area contributed by atoms with E-state index in [9.17, 15) is 5.11 Å². The van der Waals surface area contributed by atoms with Crippen LogP contribution in [-0.4, -0.2) is 28.8 Å². The van der Waals surface area contributed by atoms with Gasteiger partial charge in [-0.15, -0.1) is 0 Å². The number of hydrogen-bond donors (Lipinski definition) is 1. The second kappa shape index (κ2) is 5.17. The lowest BCUT2D eigenvalue weighted by molar-refractivity contribution is 0.0240. The first-order valence-corrected chi connectivity index (χ1v) is 6.35. The number of ether oxygens (including phenoxy) is 1. The molecule has 0 fully saturated rings. The standard InChI is InChI=1S/C13H25NO2/c1-5-7-13(15,8-6-2)9-11-14-12(3,4)10-16-11/h15H,5-10H2,1-4H3. The molecule has 16 heavy (non-hydrogen) atoms. The number of aliphatic imine (C=N–C) groups is 1. The van der Waals surface area contributed by atoms with Gasteiger partial charge in [0, 0.05) is 0 Å². The predicted octanol–water partition coefficient (Wildman–Crippen LogP) is 2.92. The van der Waals surface area contributed by atoms with Crippen LogP contribution >= 0.6 is 0 Å². The molecule has 0 bridgehead atoms. The van der Waals surface area contributed by atoms with Gasteiger partial charge in [0.05, 0.1) is 17.6 Å². The van der Waals surface area contributed by atoms with Crippen molar-refractivity contribution in [2.45, 2.75) is 70.9 Å². The molecule has 94 valence electrons. The molecule has 0 saturated carbocycles. The number of aliphatic hydroxyl groups is 1. The van der Waals surface area contributed by atoms with Crippen molar-refractivity contribution < 1.29 is 9.84 Å². The van der Waals surface area contributed by atoms with Gasteiger partial charge in [-0.1, -0.05) is 26.7 Å².